The Kier molecular flexibility index (Phi) is 4.75. The normalized spacial score (nSPS) is 26.6. The molecule has 0 unspecified atom stereocenters. The Morgan fingerprint density at radius 1 is 1.16 bits per heavy atom. The average molecular weight is 341 g/mol. The molecule has 0 radical (unpaired) electrons. The van der Waals surface area contributed by atoms with Gasteiger partial charge in [0.05, 0.1) is 0 Å². The first-order valence-electron chi connectivity index (χ1n) is 9.61. The van der Waals surface area contributed by atoms with Crippen LogP contribution < -0.4 is 5.32 Å². The van der Waals surface area contributed by atoms with Gasteiger partial charge in [-0.1, -0.05) is 24.6 Å². The quantitative estimate of drug-likeness (QED) is 0.918. The number of piperazine rings is 1. The number of hydrogen-bond acceptors (Lipinski definition) is 3. The third kappa shape index (κ3) is 3.56. The van der Waals surface area contributed by atoms with E-state index < -0.39 is 0 Å². The fourth-order valence-corrected chi connectivity index (χ4v) is 4.48. The van der Waals surface area contributed by atoms with E-state index in [0.717, 1.165) is 31.7 Å². The van der Waals surface area contributed by atoms with Gasteiger partial charge in [0.25, 0.3) is 0 Å². The number of nitrogens with zero attached hydrogens (tertiary/aromatic N) is 2. The highest BCUT2D eigenvalue weighted by Gasteiger charge is 2.32. The number of fused-ring (bicyclic) bond motifs is 2. The van der Waals surface area contributed by atoms with Crippen molar-refractivity contribution < 1.29 is 9.59 Å². The third-order valence-electron chi connectivity index (χ3n) is 6.01. The summed E-state index contributed by atoms with van der Waals surface area (Å²) < 4.78 is 0. The summed E-state index contributed by atoms with van der Waals surface area (Å²) >= 11 is 0. The van der Waals surface area contributed by atoms with Crippen molar-refractivity contribution in [3.05, 3.63) is 29.8 Å². The minimum Gasteiger partial charge on any atom is -0.340 e. The Morgan fingerprint density at radius 3 is 2.96 bits per heavy atom. The molecule has 1 N–H and O–H groups in total. The molecule has 5 nitrogen and oxygen atoms in total. The lowest BCUT2D eigenvalue weighted by Crippen LogP contribution is -2.56. The van der Waals surface area contributed by atoms with Crippen LogP contribution in [0.5, 0.6) is 0 Å². The van der Waals surface area contributed by atoms with E-state index in [9.17, 15) is 9.59 Å². The Bertz CT molecular complexity index is 660. The van der Waals surface area contributed by atoms with Crippen molar-refractivity contribution in [1.82, 2.24) is 9.80 Å². The van der Waals surface area contributed by atoms with Crippen molar-refractivity contribution in [3.63, 3.8) is 0 Å². The lowest BCUT2D eigenvalue weighted by molar-refractivity contribution is -0.135. The van der Waals surface area contributed by atoms with Crippen LogP contribution in [0.4, 0.5) is 5.69 Å². The second-order valence-corrected chi connectivity index (χ2v) is 7.61. The maximum Gasteiger partial charge on any atom is 0.227 e. The molecule has 0 aromatic heterocycles. The van der Waals surface area contributed by atoms with Crippen LogP contribution in [0.3, 0.4) is 0 Å². The number of carbonyl (C=O) groups excluding carboxylic acids is 2. The van der Waals surface area contributed by atoms with Crippen molar-refractivity contribution in [1.29, 1.82) is 0 Å². The Balaban J connectivity index is 1.31. The van der Waals surface area contributed by atoms with E-state index in [2.05, 4.69) is 16.3 Å². The smallest absolute Gasteiger partial charge is 0.227 e. The monoisotopic (exact) mass is 341 g/mol. The SMILES string of the molecule is O=C1Nc2ccccc2C[C@H]1CCC(=O)N1CCN2CCCC[C@@H]2C1. The second-order valence-electron chi connectivity index (χ2n) is 7.61. The summed E-state index contributed by atoms with van der Waals surface area (Å²) in [6.07, 6.45) is 5.65. The first-order valence-corrected chi connectivity index (χ1v) is 9.61. The van der Waals surface area contributed by atoms with Crippen LogP contribution in [0.2, 0.25) is 0 Å². The van der Waals surface area contributed by atoms with Gasteiger partial charge in [0, 0.05) is 43.7 Å². The van der Waals surface area contributed by atoms with Crippen molar-refractivity contribution in [2.24, 2.45) is 5.92 Å². The first kappa shape index (κ1) is 16.6. The van der Waals surface area contributed by atoms with Gasteiger partial charge in [-0.05, 0) is 43.9 Å². The lowest BCUT2D eigenvalue weighted by Gasteiger charge is -2.44. The van der Waals surface area contributed by atoms with Gasteiger partial charge >= 0.3 is 0 Å². The Hall–Kier alpha value is -1.88. The molecule has 1 aromatic rings. The van der Waals surface area contributed by atoms with E-state index in [-0.39, 0.29) is 17.7 Å². The molecule has 2 atom stereocenters. The maximum absolute atomic E-state index is 12.6. The van der Waals surface area contributed by atoms with Crippen molar-refractivity contribution in [3.8, 4) is 0 Å². The summed E-state index contributed by atoms with van der Waals surface area (Å²) in [6.45, 7) is 3.91. The molecule has 1 aromatic carbocycles. The molecular weight excluding hydrogens is 314 g/mol. The predicted octanol–water partition coefficient (Wildman–Crippen LogP) is 2.27. The number of nitrogens with one attached hydrogen (secondary N) is 1. The maximum atomic E-state index is 12.6. The highest BCUT2D eigenvalue weighted by molar-refractivity contribution is 5.96. The highest BCUT2D eigenvalue weighted by Crippen LogP contribution is 2.28. The van der Waals surface area contributed by atoms with Crippen LogP contribution in [0, 0.1) is 5.92 Å². The number of amides is 2. The molecule has 0 aliphatic carbocycles. The molecule has 5 heteroatoms. The summed E-state index contributed by atoms with van der Waals surface area (Å²) in [5, 5.41) is 2.98. The molecule has 2 saturated heterocycles. The van der Waals surface area contributed by atoms with Gasteiger partial charge in [0.15, 0.2) is 0 Å². The third-order valence-corrected chi connectivity index (χ3v) is 6.01. The van der Waals surface area contributed by atoms with Crippen LogP contribution in [-0.2, 0) is 16.0 Å². The first-order chi connectivity index (χ1) is 12.2. The van der Waals surface area contributed by atoms with Crippen molar-refractivity contribution >= 4 is 17.5 Å². The number of anilines is 1. The molecule has 3 aliphatic rings. The van der Waals surface area contributed by atoms with E-state index in [1.165, 1.54) is 31.4 Å². The zero-order valence-corrected chi connectivity index (χ0v) is 14.7. The molecule has 25 heavy (non-hydrogen) atoms. The zero-order chi connectivity index (χ0) is 17.2. The standard InChI is InChI=1S/C20H27N3O2/c24-19(23-12-11-22-10-4-3-6-17(22)14-23)9-8-16-13-15-5-1-2-7-18(15)21-20(16)25/h1-2,5,7,16-17H,3-4,6,8-14H2,(H,21,25)/t16-,17-/m1/s1. The van der Waals surface area contributed by atoms with E-state index in [1.807, 2.05) is 23.1 Å². The summed E-state index contributed by atoms with van der Waals surface area (Å²) in [4.78, 5) is 29.5. The van der Waals surface area contributed by atoms with Gasteiger partial charge in [0.1, 0.15) is 0 Å². The number of piperidine rings is 1. The molecule has 4 rings (SSSR count). The van der Waals surface area contributed by atoms with Crippen LogP contribution >= 0.6 is 0 Å². The zero-order valence-electron chi connectivity index (χ0n) is 14.7. The molecule has 134 valence electrons. The molecule has 3 aliphatic heterocycles. The van der Waals surface area contributed by atoms with Crippen LogP contribution in [0.15, 0.2) is 24.3 Å². The number of benzene rings is 1. The van der Waals surface area contributed by atoms with Crippen molar-refractivity contribution in [2.45, 2.75) is 44.6 Å². The number of para-hydroxylation sites is 1. The molecule has 0 saturated carbocycles. The summed E-state index contributed by atoms with van der Waals surface area (Å²) in [6, 6.07) is 8.50. The van der Waals surface area contributed by atoms with Gasteiger partial charge < -0.3 is 10.2 Å². The average Bonchev–Trinajstić information content (AvgIpc) is 2.65. The molecule has 3 heterocycles. The minimum absolute atomic E-state index is 0.0589. The van der Waals surface area contributed by atoms with Crippen LogP contribution in [0.1, 0.15) is 37.7 Å². The topological polar surface area (TPSA) is 52.7 Å². The van der Waals surface area contributed by atoms with Gasteiger partial charge in [0.2, 0.25) is 11.8 Å². The second kappa shape index (κ2) is 7.16. The Labute approximate surface area is 149 Å². The fraction of sp³-hybridized carbons (Fsp3) is 0.600. The highest BCUT2D eigenvalue weighted by atomic mass is 16.2. The number of hydrogen-bond donors (Lipinski definition) is 1. The Morgan fingerprint density at radius 2 is 2.04 bits per heavy atom. The fourth-order valence-electron chi connectivity index (χ4n) is 4.48. The van der Waals surface area contributed by atoms with Gasteiger partial charge in [-0.15, -0.1) is 0 Å². The van der Waals surface area contributed by atoms with Gasteiger partial charge in [-0.25, -0.2) is 0 Å². The lowest BCUT2D eigenvalue weighted by atomic mass is 9.89. The summed E-state index contributed by atoms with van der Waals surface area (Å²) in [5.74, 6) is 0.190. The number of rotatable bonds is 3. The molecule has 0 spiro atoms. The molecule has 0 bridgehead atoms. The molecule has 2 amide bonds. The van der Waals surface area contributed by atoms with E-state index in [1.54, 1.807) is 0 Å². The predicted molar refractivity (Wildman–Crippen MR) is 97.3 cm³/mol. The van der Waals surface area contributed by atoms with Crippen LogP contribution in [0.25, 0.3) is 0 Å². The van der Waals surface area contributed by atoms with E-state index >= 15 is 0 Å². The van der Waals surface area contributed by atoms with E-state index in [0.29, 0.717) is 18.9 Å². The van der Waals surface area contributed by atoms with Gasteiger partial charge in [-0.3, -0.25) is 14.5 Å². The van der Waals surface area contributed by atoms with Gasteiger partial charge in [-0.2, -0.15) is 0 Å². The van der Waals surface area contributed by atoms with Crippen LogP contribution in [-0.4, -0.2) is 53.8 Å². The molecule has 2 fully saturated rings. The largest absolute Gasteiger partial charge is 0.340 e. The van der Waals surface area contributed by atoms with E-state index in [4.69, 9.17) is 0 Å². The van der Waals surface area contributed by atoms with Crippen molar-refractivity contribution in [2.75, 3.05) is 31.5 Å². The minimum atomic E-state index is -0.0881. The molecular formula is C20H27N3O2. The summed E-state index contributed by atoms with van der Waals surface area (Å²) in [5.41, 5.74) is 2.10. The summed E-state index contributed by atoms with van der Waals surface area (Å²) in [7, 11) is 0. The number of carbonyl (C=O) groups is 2.